The van der Waals surface area contributed by atoms with Crippen molar-refractivity contribution in [2.75, 3.05) is 39.4 Å². The van der Waals surface area contributed by atoms with E-state index >= 15 is 0 Å². The van der Waals surface area contributed by atoms with Crippen molar-refractivity contribution in [1.82, 2.24) is 14.8 Å². The lowest BCUT2D eigenvalue weighted by atomic mass is 9.87. The van der Waals surface area contributed by atoms with Crippen molar-refractivity contribution >= 4 is 16.8 Å². The zero-order valence-corrected chi connectivity index (χ0v) is 19.3. The maximum atomic E-state index is 13.0. The van der Waals surface area contributed by atoms with Gasteiger partial charge in [-0.2, -0.15) is 0 Å². The van der Waals surface area contributed by atoms with Gasteiger partial charge in [0, 0.05) is 55.6 Å². The molecule has 0 saturated carbocycles. The molecular weight excluding hydrogens is 398 g/mol. The highest BCUT2D eigenvalue weighted by Crippen LogP contribution is 2.35. The Balaban J connectivity index is 1.49. The zero-order chi connectivity index (χ0) is 22.3. The number of ether oxygens (including phenoxy) is 1. The van der Waals surface area contributed by atoms with Crippen LogP contribution in [0.15, 0.2) is 54.7 Å². The Hall–Kier alpha value is -2.63. The summed E-state index contributed by atoms with van der Waals surface area (Å²) in [6.07, 6.45) is 3.66. The van der Waals surface area contributed by atoms with Crippen LogP contribution in [0, 0.1) is 6.92 Å². The van der Waals surface area contributed by atoms with E-state index in [2.05, 4.69) is 83.4 Å². The number of morpholine rings is 1. The highest BCUT2D eigenvalue weighted by molar-refractivity contribution is 5.86. The molecule has 1 amide bonds. The Morgan fingerprint density at radius 1 is 1.12 bits per heavy atom. The zero-order valence-electron chi connectivity index (χ0n) is 19.3. The average molecular weight is 434 g/mol. The summed E-state index contributed by atoms with van der Waals surface area (Å²) in [5, 5.41) is 4.41. The van der Waals surface area contributed by atoms with Crippen molar-refractivity contribution in [2.45, 2.75) is 39.2 Å². The lowest BCUT2D eigenvalue weighted by Crippen LogP contribution is -2.38. The van der Waals surface area contributed by atoms with Gasteiger partial charge in [0.25, 0.3) is 0 Å². The minimum atomic E-state index is 0.0341. The Bertz CT molecular complexity index is 1040. The fourth-order valence-corrected chi connectivity index (χ4v) is 4.72. The van der Waals surface area contributed by atoms with E-state index < -0.39 is 0 Å². The molecule has 2 aromatic carbocycles. The lowest BCUT2D eigenvalue weighted by Gasteiger charge is -2.26. The van der Waals surface area contributed by atoms with E-state index in [-0.39, 0.29) is 11.8 Å². The summed E-state index contributed by atoms with van der Waals surface area (Å²) in [6, 6.07) is 17.1. The van der Waals surface area contributed by atoms with Gasteiger partial charge in [-0.1, -0.05) is 48.0 Å². The number of hydrogen-bond acceptors (Lipinski definition) is 3. The summed E-state index contributed by atoms with van der Waals surface area (Å²) in [6.45, 7) is 10.5. The first-order valence-corrected chi connectivity index (χ1v) is 11.9. The number of carbonyl (C=O) groups excluding carboxylic acids is 1. The molecule has 5 heteroatoms. The number of aryl methyl sites for hydroxylation is 2. The molecular formula is C27H35N3O2. The normalized spacial score (nSPS) is 15.7. The second-order valence-electron chi connectivity index (χ2n) is 8.72. The Morgan fingerprint density at radius 2 is 1.94 bits per heavy atom. The van der Waals surface area contributed by atoms with Gasteiger partial charge >= 0.3 is 0 Å². The molecule has 3 aromatic rings. The van der Waals surface area contributed by atoms with Crippen molar-refractivity contribution in [3.63, 3.8) is 0 Å². The van der Waals surface area contributed by atoms with E-state index in [1.54, 1.807) is 0 Å². The Labute approximate surface area is 191 Å². The number of hydrogen-bond donors (Lipinski definition) is 1. The first-order valence-electron chi connectivity index (χ1n) is 11.9. The summed E-state index contributed by atoms with van der Waals surface area (Å²) in [5.74, 6) is 0.152. The van der Waals surface area contributed by atoms with Crippen LogP contribution in [0.25, 0.3) is 10.9 Å². The highest BCUT2D eigenvalue weighted by atomic mass is 16.5. The third-order valence-corrected chi connectivity index (χ3v) is 6.45. The Morgan fingerprint density at radius 3 is 2.72 bits per heavy atom. The third kappa shape index (κ3) is 5.40. The van der Waals surface area contributed by atoms with Crippen LogP contribution in [-0.2, 0) is 16.1 Å². The summed E-state index contributed by atoms with van der Waals surface area (Å²) in [5.41, 5.74) is 4.88. The lowest BCUT2D eigenvalue weighted by molar-refractivity contribution is -0.121. The van der Waals surface area contributed by atoms with E-state index in [4.69, 9.17) is 4.74 Å². The van der Waals surface area contributed by atoms with E-state index in [9.17, 15) is 4.79 Å². The highest BCUT2D eigenvalue weighted by Gasteiger charge is 2.22. The van der Waals surface area contributed by atoms with Crippen LogP contribution in [0.5, 0.6) is 0 Å². The third-order valence-electron chi connectivity index (χ3n) is 6.45. The molecule has 2 heterocycles. The molecule has 1 aromatic heterocycles. The molecule has 1 fully saturated rings. The van der Waals surface area contributed by atoms with Gasteiger partial charge in [-0.05, 0) is 44.0 Å². The number of nitrogens with zero attached hydrogens (tertiary/aromatic N) is 2. The first kappa shape index (κ1) is 22.6. The van der Waals surface area contributed by atoms with E-state index in [0.717, 1.165) is 45.8 Å². The fourth-order valence-electron chi connectivity index (χ4n) is 4.72. The standard InChI is InChI=1S/C27H35N3O2/c1-3-30-20-25(23-10-4-5-11-26(23)30)24(22-9-6-8-21(2)18-22)19-27(31)28-12-7-13-29-14-16-32-17-15-29/h4-6,8-11,18,20,24H,3,7,12-17,19H2,1-2H3,(H,28,31). The number of rotatable bonds is 9. The van der Waals surface area contributed by atoms with E-state index in [0.29, 0.717) is 13.0 Å². The minimum absolute atomic E-state index is 0.0341. The molecule has 0 radical (unpaired) electrons. The monoisotopic (exact) mass is 433 g/mol. The van der Waals surface area contributed by atoms with Crippen LogP contribution >= 0.6 is 0 Å². The summed E-state index contributed by atoms with van der Waals surface area (Å²) in [7, 11) is 0. The summed E-state index contributed by atoms with van der Waals surface area (Å²) in [4.78, 5) is 15.4. The van der Waals surface area contributed by atoms with Gasteiger partial charge in [-0.15, -0.1) is 0 Å². The SMILES string of the molecule is CCn1cc(C(CC(=O)NCCCN2CCOCC2)c2cccc(C)c2)c2ccccc21. The van der Waals surface area contributed by atoms with Gasteiger partial charge in [0.2, 0.25) is 5.91 Å². The second-order valence-corrected chi connectivity index (χ2v) is 8.72. The number of fused-ring (bicyclic) bond motifs is 1. The van der Waals surface area contributed by atoms with Gasteiger partial charge in [0.1, 0.15) is 0 Å². The number of carbonyl (C=O) groups is 1. The van der Waals surface area contributed by atoms with Crippen molar-refractivity contribution in [3.8, 4) is 0 Å². The number of benzene rings is 2. The van der Waals surface area contributed by atoms with Crippen LogP contribution in [0.2, 0.25) is 0 Å². The van der Waals surface area contributed by atoms with Crippen LogP contribution in [0.4, 0.5) is 0 Å². The summed E-state index contributed by atoms with van der Waals surface area (Å²) < 4.78 is 7.69. The molecule has 4 rings (SSSR count). The largest absolute Gasteiger partial charge is 0.379 e. The number of nitrogens with one attached hydrogen (secondary N) is 1. The quantitative estimate of drug-likeness (QED) is 0.511. The number of aromatic nitrogens is 1. The van der Waals surface area contributed by atoms with Crippen LogP contribution in [0.1, 0.15) is 42.4 Å². The molecule has 1 aliphatic heterocycles. The van der Waals surface area contributed by atoms with E-state index in [1.165, 1.54) is 27.6 Å². The van der Waals surface area contributed by atoms with Crippen molar-refractivity contribution in [3.05, 3.63) is 71.4 Å². The number of para-hydroxylation sites is 1. The fraction of sp³-hybridized carbons (Fsp3) is 0.444. The molecule has 1 unspecified atom stereocenters. The maximum Gasteiger partial charge on any atom is 0.220 e. The predicted molar refractivity (Wildman–Crippen MR) is 130 cm³/mol. The molecule has 1 saturated heterocycles. The molecule has 5 nitrogen and oxygen atoms in total. The van der Waals surface area contributed by atoms with Crippen LogP contribution in [0.3, 0.4) is 0 Å². The van der Waals surface area contributed by atoms with Crippen molar-refractivity contribution in [1.29, 1.82) is 0 Å². The van der Waals surface area contributed by atoms with Crippen LogP contribution in [-0.4, -0.2) is 54.8 Å². The van der Waals surface area contributed by atoms with Gasteiger partial charge in [-0.3, -0.25) is 9.69 Å². The maximum absolute atomic E-state index is 13.0. The number of amides is 1. The average Bonchev–Trinajstić information content (AvgIpc) is 3.19. The van der Waals surface area contributed by atoms with Crippen molar-refractivity contribution in [2.24, 2.45) is 0 Å². The van der Waals surface area contributed by atoms with Gasteiger partial charge in [0.05, 0.1) is 13.2 Å². The molecule has 170 valence electrons. The van der Waals surface area contributed by atoms with E-state index in [1.807, 2.05) is 0 Å². The van der Waals surface area contributed by atoms with Gasteiger partial charge in [0.15, 0.2) is 0 Å². The molecule has 0 spiro atoms. The topological polar surface area (TPSA) is 46.5 Å². The molecule has 32 heavy (non-hydrogen) atoms. The summed E-state index contributed by atoms with van der Waals surface area (Å²) >= 11 is 0. The van der Waals surface area contributed by atoms with Gasteiger partial charge in [-0.25, -0.2) is 0 Å². The molecule has 0 aliphatic carbocycles. The molecule has 0 bridgehead atoms. The second kappa shape index (κ2) is 10.8. The smallest absolute Gasteiger partial charge is 0.220 e. The predicted octanol–water partition coefficient (Wildman–Crippen LogP) is 4.33. The first-order chi connectivity index (χ1) is 15.7. The molecule has 1 aliphatic rings. The van der Waals surface area contributed by atoms with Crippen LogP contribution < -0.4 is 5.32 Å². The molecule has 1 N–H and O–H groups in total. The van der Waals surface area contributed by atoms with Gasteiger partial charge < -0.3 is 14.6 Å². The minimum Gasteiger partial charge on any atom is -0.379 e. The molecule has 1 atom stereocenters. The van der Waals surface area contributed by atoms with Crippen molar-refractivity contribution < 1.29 is 9.53 Å². The Kier molecular flexibility index (Phi) is 7.61.